The van der Waals surface area contributed by atoms with Gasteiger partial charge in [0.15, 0.2) is 0 Å². The molecule has 0 heterocycles. The van der Waals surface area contributed by atoms with Crippen molar-refractivity contribution in [3.63, 3.8) is 0 Å². The summed E-state index contributed by atoms with van der Waals surface area (Å²) in [5, 5.41) is 0. The Bertz CT molecular complexity index is 437. The van der Waals surface area contributed by atoms with Gasteiger partial charge in [-0.25, -0.2) is 0 Å². The lowest BCUT2D eigenvalue weighted by atomic mass is 9.99. The minimum Gasteiger partial charge on any atom is -0.383 e. The molecule has 1 aromatic rings. The maximum absolute atomic E-state index is 13.0. The first-order valence-electron chi connectivity index (χ1n) is 6.95. The molecule has 1 rings (SSSR count). The molecular formula is C15H23F3N2O. The number of benzene rings is 1. The van der Waals surface area contributed by atoms with Gasteiger partial charge in [-0.05, 0) is 25.1 Å². The Kier molecular flexibility index (Phi) is 6.64. The number of ether oxygens (including phenoxy) is 1. The van der Waals surface area contributed by atoms with Crippen LogP contribution in [-0.2, 0) is 10.9 Å². The number of nitrogens with two attached hydrogens (primary N) is 1. The summed E-state index contributed by atoms with van der Waals surface area (Å²) in [5.74, 6) is 0. The third-order valence-corrected chi connectivity index (χ3v) is 3.53. The van der Waals surface area contributed by atoms with E-state index in [-0.39, 0.29) is 11.6 Å². The quantitative estimate of drug-likeness (QED) is 0.841. The second-order valence-electron chi connectivity index (χ2n) is 5.08. The Morgan fingerprint density at radius 1 is 1.29 bits per heavy atom. The summed E-state index contributed by atoms with van der Waals surface area (Å²) in [5.41, 5.74) is 5.49. The zero-order valence-electron chi connectivity index (χ0n) is 12.7. The third kappa shape index (κ3) is 4.98. The van der Waals surface area contributed by atoms with Crippen LogP contribution >= 0.6 is 0 Å². The molecule has 2 N–H and O–H groups in total. The van der Waals surface area contributed by atoms with E-state index in [1.807, 2.05) is 18.7 Å². The Balaban J connectivity index is 2.91. The summed E-state index contributed by atoms with van der Waals surface area (Å²) in [7, 11) is 1.60. The van der Waals surface area contributed by atoms with Crippen molar-refractivity contribution < 1.29 is 17.9 Å². The highest BCUT2D eigenvalue weighted by Crippen LogP contribution is 2.34. The van der Waals surface area contributed by atoms with E-state index < -0.39 is 17.8 Å². The summed E-state index contributed by atoms with van der Waals surface area (Å²) < 4.78 is 44.1. The zero-order valence-corrected chi connectivity index (χ0v) is 12.7. The van der Waals surface area contributed by atoms with Crippen LogP contribution in [0.2, 0.25) is 0 Å². The van der Waals surface area contributed by atoms with Crippen LogP contribution in [0.25, 0.3) is 0 Å². The summed E-state index contributed by atoms with van der Waals surface area (Å²) in [6.07, 6.45) is -4.39. The van der Waals surface area contributed by atoms with E-state index in [1.54, 1.807) is 13.2 Å². The number of methoxy groups -OCH3 is 1. The lowest BCUT2D eigenvalue weighted by molar-refractivity contribution is -0.138. The van der Waals surface area contributed by atoms with Gasteiger partial charge in [-0.1, -0.05) is 25.1 Å². The van der Waals surface area contributed by atoms with Gasteiger partial charge in [0, 0.05) is 25.7 Å². The van der Waals surface area contributed by atoms with Gasteiger partial charge in [0.1, 0.15) is 0 Å². The molecule has 3 nitrogen and oxygen atoms in total. The van der Waals surface area contributed by atoms with Gasteiger partial charge >= 0.3 is 6.18 Å². The molecule has 0 fully saturated rings. The number of halogens is 3. The molecular weight excluding hydrogens is 281 g/mol. The molecule has 6 heteroatoms. The molecule has 0 aliphatic carbocycles. The van der Waals surface area contributed by atoms with Crippen LogP contribution in [0.5, 0.6) is 0 Å². The lowest BCUT2D eigenvalue weighted by Crippen LogP contribution is -2.41. The van der Waals surface area contributed by atoms with Crippen LogP contribution in [0.3, 0.4) is 0 Å². The number of nitrogens with zero attached hydrogens (tertiary/aromatic N) is 1. The SMILES string of the molecule is CCN(CC(N)c1ccccc1C(F)(F)F)C(C)COC. The second-order valence-corrected chi connectivity index (χ2v) is 5.08. The van der Waals surface area contributed by atoms with Gasteiger partial charge in [-0.2, -0.15) is 13.2 Å². The molecule has 0 saturated carbocycles. The van der Waals surface area contributed by atoms with Crippen LogP contribution in [0.1, 0.15) is 31.0 Å². The number of likely N-dealkylation sites (N-methyl/N-ethyl adjacent to an activating group) is 1. The van der Waals surface area contributed by atoms with Crippen molar-refractivity contribution >= 4 is 0 Å². The minimum absolute atomic E-state index is 0.101. The number of alkyl halides is 3. The van der Waals surface area contributed by atoms with E-state index in [0.29, 0.717) is 19.7 Å². The van der Waals surface area contributed by atoms with Gasteiger partial charge in [-0.3, -0.25) is 4.90 Å². The smallest absolute Gasteiger partial charge is 0.383 e. The Labute approximate surface area is 123 Å². The summed E-state index contributed by atoms with van der Waals surface area (Å²) in [6.45, 7) is 5.49. The molecule has 0 bridgehead atoms. The standard InChI is InChI=1S/C15H23F3N2O/c1-4-20(11(2)10-21-3)9-14(19)12-7-5-6-8-13(12)15(16,17)18/h5-8,11,14H,4,9-10,19H2,1-3H3. The molecule has 2 atom stereocenters. The highest BCUT2D eigenvalue weighted by atomic mass is 19.4. The predicted molar refractivity (Wildman–Crippen MR) is 77.0 cm³/mol. The van der Waals surface area contributed by atoms with E-state index in [4.69, 9.17) is 10.5 Å². The maximum atomic E-state index is 13.0. The fourth-order valence-electron chi connectivity index (χ4n) is 2.40. The highest BCUT2D eigenvalue weighted by Gasteiger charge is 2.34. The topological polar surface area (TPSA) is 38.5 Å². The molecule has 0 aliphatic rings. The molecule has 0 aliphatic heterocycles. The zero-order chi connectivity index (χ0) is 16.0. The van der Waals surface area contributed by atoms with Crippen molar-refractivity contribution in [2.45, 2.75) is 32.1 Å². The number of rotatable bonds is 7. The van der Waals surface area contributed by atoms with Crippen LogP contribution in [0, 0.1) is 0 Å². The molecule has 1 aromatic carbocycles. The third-order valence-electron chi connectivity index (χ3n) is 3.53. The molecule has 21 heavy (non-hydrogen) atoms. The van der Waals surface area contributed by atoms with Crippen molar-refractivity contribution in [2.24, 2.45) is 5.73 Å². The van der Waals surface area contributed by atoms with Gasteiger partial charge in [-0.15, -0.1) is 0 Å². The molecule has 120 valence electrons. The minimum atomic E-state index is -4.39. The van der Waals surface area contributed by atoms with Crippen LogP contribution in [0.15, 0.2) is 24.3 Å². The molecule has 0 saturated heterocycles. The molecule has 0 amide bonds. The lowest BCUT2D eigenvalue weighted by Gasteiger charge is -2.30. The predicted octanol–water partition coefficient (Wildman–Crippen LogP) is 3.06. The van der Waals surface area contributed by atoms with E-state index in [2.05, 4.69) is 0 Å². The molecule has 0 spiro atoms. The fourth-order valence-corrected chi connectivity index (χ4v) is 2.40. The van der Waals surface area contributed by atoms with Gasteiger partial charge in [0.2, 0.25) is 0 Å². The van der Waals surface area contributed by atoms with Gasteiger partial charge in [0.05, 0.1) is 12.2 Å². The summed E-state index contributed by atoms with van der Waals surface area (Å²) >= 11 is 0. The van der Waals surface area contributed by atoms with Crippen LogP contribution in [0.4, 0.5) is 13.2 Å². The normalized spacial score (nSPS) is 15.2. The highest BCUT2D eigenvalue weighted by molar-refractivity contribution is 5.32. The van der Waals surface area contributed by atoms with Gasteiger partial charge < -0.3 is 10.5 Å². The van der Waals surface area contributed by atoms with Crippen LogP contribution in [-0.4, -0.2) is 37.7 Å². The summed E-state index contributed by atoms with van der Waals surface area (Å²) in [6, 6.07) is 4.89. The first-order chi connectivity index (χ1) is 9.81. The Hall–Kier alpha value is -1.11. The average molecular weight is 304 g/mol. The number of hydrogen-bond donors (Lipinski definition) is 1. The van der Waals surface area contributed by atoms with Crippen molar-refractivity contribution in [3.05, 3.63) is 35.4 Å². The van der Waals surface area contributed by atoms with E-state index in [9.17, 15) is 13.2 Å². The Morgan fingerprint density at radius 3 is 2.43 bits per heavy atom. The summed E-state index contributed by atoms with van der Waals surface area (Å²) in [4.78, 5) is 2.02. The average Bonchev–Trinajstić information content (AvgIpc) is 2.43. The van der Waals surface area contributed by atoms with Gasteiger partial charge in [0.25, 0.3) is 0 Å². The maximum Gasteiger partial charge on any atom is 0.416 e. The second kappa shape index (κ2) is 7.77. The Morgan fingerprint density at radius 2 is 1.90 bits per heavy atom. The van der Waals surface area contributed by atoms with Crippen molar-refractivity contribution in [3.8, 4) is 0 Å². The van der Waals surface area contributed by atoms with Crippen molar-refractivity contribution in [1.82, 2.24) is 4.90 Å². The number of hydrogen-bond acceptors (Lipinski definition) is 3. The first-order valence-corrected chi connectivity index (χ1v) is 6.95. The van der Waals surface area contributed by atoms with Crippen molar-refractivity contribution in [1.29, 1.82) is 0 Å². The molecule has 0 aromatic heterocycles. The molecule has 2 unspecified atom stereocenters. The monoisotopic (exact) mass is 304 g/mol. The first kappa shape index (κ1) is 17.9. The fraction of sp³-hybridized carbons (Fsp3) is 0.600. The van der Waals surface area contributed by atoms with Crippen LogP contribution < -0.4 is 5.73 Å². The van der Waals surface area contributed by atoms with Crippen molar-refractivity contribution in [2.75, 3.05) is 26.8 Å². The largest absolute Gasteiger partial charge is 0.416 e. The van der Waals surface area contributed by atoms with E-state index in [0.717, 1.165) is 6.07 Å². The van der Waals surface area contributed by atoms with E-state index in [1.165, 1.54) is 12.1 Å². The molecule has 0 radical (unpaired) electrons. The van der Waals surface area contributed by atoms with E-state index >= 15 is 0 Å².